The lowest BCUT2D eigenvalue weighted by molar-refractivity contribution is -0.383. The first kappa shape index (κ1) is 76.9. The van der Waals surface area contributed by atoms with Gasteiger partial charge in [-0.25, -0.2) is 4.79 Å². The van der Waals surface area contributed by atoms with Gasteiger partial charge in [0.2, 0.25) is 17.7 Å². The number of carbonyl (C=O) groups is 4. The number of hydrogen-bond donors (Lipinski definition) is 25. The lowest BCUT2D eigenvalue weighted by Gasteiger charge is -2.50. The Morgan fingerprint density at radius 1 is 0.441 bits per heavy atom. The van der Waals surface area contributed by atoms with Crippen molar-refractivity contribution in [2.24, 2.45) is 0 Å². The second kappa shape index (κ2) is 32.9. The number of ether oxygens (including phenoxy) is 13. The van der Waals surface area contributed by atoms with Crippen LogP contribution >= 0.6 is 0 Å². The number of amides is 3. The largest absolute Gasteiger partial charge is 0.477 e. The fourth-order valence-electron chi connectivity index (χ4n) is 11.7. The molecular weight excluding hydrogens is 1280 g/mol. The van der Waals surface area contributed by atoms with E-state index >= 15 is 0 Å². The Kier molecular flexibility index (Phi) is 27.2. The third kappa shape index (κ3) is 17.0. The number of aliphatic hydroxyl groups is 21. The van der Waals surface area contributed by atoms with Crippen molar-refractivity contribution in [3.63, 3.8) is 0 Å². The number of rotatable bonds is 25. The molecule has 0 radical (unpaired) electrons. The van der Waals surface area contributed by atoms with Crippen LogP contribution in [0.4, 0.5) is 0 Å². The molecule has 42 nitrogen and oxygen atoms in total. The van der Waals surface area contributed by atoms with Crippen molar-refractivity contribution in [2.75, 3.05) is 46.2 Å². The van der Waals surface area contributed by atoms with Crippen molar-refractivity contribution in [3.05, 3.63) is 0 Å². The molecule has 0 bridgehead atoms. The Bertz CT molecular complexity index is 2410. The summed E-state index contributed by atoms with van der Waals surface area (Å²) < 4.78 is 74.8. The SMILES string of the molecule is CC(=O)N[C@H]1[C@H](OC[C@H]2O[C@@H](O[C@H]3[C@H](O)[C@@H](O)[C@H](O)O[C@@H]3CO)[C@H](O)[C@@H](O[C@@H]3O[C@H](CO)[C@@H](O)[C@H](O[C@@H]4O[C@H](CO)[C@H](O)[C@H](O)[C@H]4O)[C@H]3NC(C)=O)[C@H]2O)O[C@H](CO)[C@@H](O[C@@H]2O[C@H](CO[C@]3(C(=O)O)C[C@H](O)[C@@H](NC(C)=O)[C@H]([C@H](O)[C@H](O)CO)O3)[C@H](O)[C@H](O)[C@H]2O)[C@@H]1O. The van der Waals surface area contributed by atoms with E-state index in [1.165, 1.54) is 0 Å². The predicted molar refractivity (Wildman–Crippen MR) is 284 cm³/mol. The zero-order chi connectivity index (χ0) is 69.0. The average molecular weight is 1360 g/mol. The fourth-order valence-corrected chi connectivity index (χ4v) is 11.7. The summed E-state index contributed by atoms with van der Waals surface area (Å²) in [5.74, 6) is -7.66. The summed E-state index contributed by atoms with van der Waals surface area (Å²) in [5, 5.41) is 245. The summed E-state index contributed by atoms with van der Waals surface area (Å²) in [5.41, 5.74) is 0. The minimum absolute atomic E-state index is 0.809. The Balaban J connectivity index is 1.13. The molecule has 7 saturated heterocycles. The van der Waals surface area contributed by atoms with Gasteiger partial charge in [-0.2, -0.15) is 0 Å². The van der Waals surface area contributed by atoms with Crippen LogP contribution < -0.4 is 16.0 Å². The zero-order valence-corrected chi connectivity index (χ0v) is 49.6. The number of hydrogen-bond acceptors (Lipinski definition) is 38. The summed E-state index contributed by atoms with van der Waals surface area (Å²) in [6.45, 7) is -4.61. The van der Waals surface area contributed by atoms with Crippen LogP contribution in [0.2, 0.25) is 0 Å². The molecule has 7 aliphatic rings. The van der Waals surface area contributed by atoms with E-state index in [1.54, 1.807) is 0 Å². The van der Waals surface area contributed by atoms with Gasteiger partial charge in [0.1, 0.15) is 165 Å². The minimum Gasteiger partial charge on any atom is -0.477 e. The van der Waals surface area contributed by atoms with E-state index in [-0.39, 0.29) is 0 Å². The Morgan fingerprint density at radius 2 is 0.871 bits per heavy atom. The van der Waals surface area contributed by atoms with E-state index in [1.807, 2.05) is 0 Å². The Morgan fingerprint density at radius 3 is 1.41 bits per heavy atom. The van der Waals surface area contributed by atoms with Crippen molar-refractivity contribution in [3.8, 4) is 0 Å². The lowest BCUT2D eigenvalue weighted by atomic mass is 9.88. The minimum atomic E-state index is -3.02. The first-order chi connectivity index (χ1) is 43.8. The van der Waals surface area contributed by atoms with Crippen LogP contribution in [0.15, 0.2) is 0 Å². The standard InChI is InChI=1S/C51H85N3O39/c1-12(60)52-23-15(63)4-51(50(79)80,93-42(23)26(65)16(64)5-55)82-11-22-28(67)33(72)37(76)48(88-22)89-39-20(9-59)86-45(24(31(39)70)53-13(2)61)81-10-21-30(69)43(38(77)49(87-21)90-40-19(8-58)83-44(78)35(74)34(40)73)92-46-25(54-14(3)62)41(29(68)18(7-57)84-46)91-47-36(75)32(71)27(66)17(6-56)85-47/h15-49,55-59,63-78H,4-11H2,1-3H3,(H,52,60)(H,53,61)(H,54,62)(H,79,80)/t15-,16+,17+,18+,19+,20+,21+,22+,23+,24+,25+,26+,27-,28-,29+,30-,31+,32-,33-,34+,35+,36+,37+,38+,39+,40+,41+,42+,43-,44+,45+,46-,47-,48-,49-,51+/m0/s1. The number of aliphatic hydroxyl groups excluding tert-OH is 21. The molecule has 36 atom stereocenters. The number of carboxylic acids is 1. The maximum Gasteiger partial charge on any atom is 0.364 e. The topological polar surface area (TPSA) is 669 Å². The van der Waals surface area contributed by atoms with E-state index in [0.29, 0.717) is 0 Å². The van der Waals surface area contributed by atoms with Gasteiger partial charge in [-0.3, -0.25) is 14.4 Å². The van der Waals surface area contributed by atoms with Gasteiger partial charge in [-0.15, -0.1) is 0 Å². The molecule has 0 unspecified atom stereocenters. The van der Waals surface area contributed by atoms with E-state index in [0.717, 1.165) is 20.8 Å². The average Bonchev–Trinajstić information content (AvgIpc) is 0.791. The molecule has 3 amide bonds. The van der Waals surface area contributed by atoms with Gasteiger partial charge in [-0.1, -0.05) is 0 Å². The molecule has 7 aliphatic heterocycles. The summed E-state index contributed by atoms with van der Waals surface area (Å²) in [6, 6.07) is -5.33. The molecule has 0 aromatic carbocycles. The molecule has 0 spiro atoms. The molecule has 7 fully saturated rings. The number of carbonyl (C=O) groups excluding carboxylic acids is 3. The smallest absolute Gasteiger partial charge is 0.364 e. The predicted octanol–water partition coefficient (Wildman–Crippen LogP) is -16.6. The molecule has 0 saturated carbocycles. The first-order valence-electron chi connectivity index (χ1n) is 29.2. The van der Waals surface area contributed by atoms with Crippen LogP contribution in [0.1, 0.15) is 27.2 Å². The normalized spacial score (nSPS) is 47.2. The van der Waals surface area contributed by atoms with Gasteiger partial charge in [-0.05, 0) is 0 Å². The van der Waals surface area contributed by atoms with Crippen LogP contribution in [-0.2, 0) is 80.8 Å². The van der Waals surface area contributed by atoms with Crippen molar-refractivity contribution >= 4 is 23.7 Å². The highest BCUT2D eigenvalue weighted by Crippen LogP contribution is 2.39. The summed E-state index contributed by atoms with van der Waals surface area (Å²) in [6.07, 6.45) is -66.7. The van der Waals surface area contributed by atoms with Crippen LogP contribution in [0.25, 0.3) is 0 Å². The molecule has 7 heterocycles. The highest BCUT2D eigenvalue weighted by atomic mass is 16.8. The molecule has 538 valence electrons. The van der Waals surface area contributed by atoms with Crippen molar-refractivity contribution in [2.45, 2.75) is 248 Å². The quantitative estimate of drug-likeness (QED) is 0.0404. The summed E-state index contributed by atoms with van der Waals surface area (Å²) in [7, 11) is 0. The van der Waals surface area contributed by atoms with E-state index in [9.17, 15) is 132 Å². The van der Waals surface area contributed by atoms with Gasteiger partial charge < -0.3 is 190 Å². The molecular formula is C51H85N3O39. The Hall–Kier alpha value is -3.48. The van der Waals surface area contributed by atoms with Crippen LogP contribution in [0, 0.1) is 0 Å². The number of aliphatic carboxylic acids is 1. The summed E-state index contributed by atoms with van der Waals surface area (Å²) >= 11 is 0. The highest BCUT2D eigenvalue weighted by molar-refractivity contribution is 5.77. The van der Waals surface area contributed by atoms with E-state index in [4.69, 9.17) is 61.6 Å². The molecule has 7 rings (SSSR count). The van der Waals surface area contributed by atoms with Crippen LogP contribution in [-0.4, -0.2) is 403 Å². The van der Waals surface area contributed by atoms with Crippen LogP contribution in [0.5, 0.6) is 0 Å². The maximum absolute atomic E-state index is 12.9. The third-order valence-corrected chi connectivity index (χ3v) is 16.7. The monoisotopic (exact) mass is 1360 g/mol. The second-order valence-corrected chi connectivity index (χ2v) is 23.3. The van der Waals surface area contributed by atoms with Gasteiger partial charge in [0.25, 0.3) is 5.79 Å². The maximum atomic E-state index is 12.9. The van der Waals surface area contributed by atoms with E-state index in [2.05, 4.69) is 16.0 Å². The van der Waals surface area contributed by atoms with Gasteiger partial charge in [0.15, 0.2) is 37.7 Å². The lowest BCUT2D eigenvalue weighted by Crippen LogP contribution is -2.70. The zero-order valence-electron chi connectivity index (χ0n) is 49.6. The van der Waals surface area contributed by atoms with Crippen molar-refractivity contribution in [1.82, 2.24) is 16.0 Å². The Labute approximate surface area is 525 Å². The number of carboxylic acid groups (broad SMARTS) is 1. The highest BCUT2D eigenvalue weighted by Gasteiger charge is 2.60. The second-order valence-electron chi connectivity index (χ2n) is 23.3. The van der Waals surface area contributed by atoms with Crippen LogP contribution in [0.3, 0.4) is 0 Å². The molecule has 0 aromatic rings. The van der Waals surface area contributed by atoms with Gasteiger partial charge >= 0.3 is 5.97 Å². The first-order valence-corrected chi connectivity index (χ1v) is 29.2. The van der Waals surface area contributed by atoms with Gasteiger partial charge in [0, 0.05) is 27.2 Å². The fraction of sp³-hybridized carbons (Fsp3) is 0.922. The van der Waals surface area contributed by atoms with Crippen molar-refractivity contribution in [1.29, 1.82) is 0 Å². The summed E-state index contributed by atoms with van der Waals surface area (Å²) in [4.78, 5) is 50.5. The molecule has 42 heteroatoms. The third-order valence-electron chi connectivity index (χ3n) is 16.7. The molecule has 93 heavy (non-hydrogen) atoms. The molecule has 0 aromatic heterocycles. The molecule has 25 N–H and O–H groups in total. The molecule has 0 aliphatic carbocycles. The number of nitrogens with one attached hydrogen (secondary N) is 3. The van der Waals surface area contributed by atoms with Crippen molar-refractivity contribution < 1.29 is 193 Å². The van der Waals surface area contributed by atoms with Gasteiger partial charge in [0.05, 0.1) is 58.4 Å². The van der Waals surface area contributed by atoms with E-state index < -0.39 is 297 Å².